The second kappa shape index (κ2) is 8.02. The van der Waals surface area contributed by atoms with Crippen LogP contribution in [0, 0.1) is 0 Å². The Morgan fingerprint density at radius 1 is 1.55 bits per heavy atom. The molecular formula is C15H20Cl2N2O3. The Bertz CT molecular complexity index is 528. The number of aliphatic hydroxyl groups excluding tert-OH is 1. The summed E-state index contributed by atoms with van der Waals surface area (Å²) in [5.74, 6) is 0. The molecule has 0 spiro atoms. The van der Waals surface area contributed by atoms with Gasteiger partial charge in [-0.25, -0.2) is 4.79 Å². The molecule has 1 aliphatic rings. The number of halogens is 2. The van der Waals surface area contributed by atoms with Gasteiger partial charge in [0.05, 0.1) is 25.9 Å². The Hall–Kier alpha value is -1.01. The van der Waals surface area contributed by atoms with E-state index in [9.17, 15) is 4.79 Å². The minimum Gasteiger partial charge on any atom is -0.394 e. The average molecular weight is 347 g/mol. The highest BCUT2D eigenvalue weighted by Gasteiger charge is 2.24. The summed E-state index contributed by atoms with van der Waals surface area (Å²) in [7, 11) is 0. The maximum absolute atomic E-state index is 12.2. The first-order valence-corrected chi connectivity index (χ1v) is 7.97. The van der Waals surface area contributed by atoms with Crippen molar-refractivity contribution in [3.63, 3.8) is 0 Å². The van der Waals surface area contributed by atoms with Gasteiger partial charge >= 0.3 is 6.03 Å². The van der Waals surface area contributed by atoms with Gasteiger partial charge in [0.1, 0.15) is 0 Å². The highest BCUT2D eigenvalue weighted by molar-refractivity contribution is 6.35. The van der Waals surface area contributed by atoms with Gasteiger partial charge in [0.2, 0.25) is 0 Å². The lowest BCUT2D eigenvalue weighted by atomic mass is 10.1. The average Bonchev–Trinajstić information content (AvgIpc) is 2.50. The minimum absolute atomic E-state index is 0.0680. The third-order valence-electron chi connectivity index (χ3n) is 3.54. The number of ether oxygens (including phenoxy) is 1. The summed E-state index contributed by atoms with van der Waals surface area (Å²) in [6.45, 7) is 3.20. The molecule has 1 aromatic rings. The fraction of sp³-hybridized carbons (Fsp3) is 0.533. The Labute approximate surface area is 140 Å². The van der Waals surface area contributed by atoms with Crippen molar-refractivity contribution in [2.24, 2.45) is 0 Å². The van der Waals surface area contributed by atoms with Crippen molar-refractivity contribution in [2.45, 2.75) is 25.5 Å². The number of aliphatic hydroxyl groups is 1. The van der Waals surface area contributed by atoms with Crippen molar-refractivity contribution in [1.29, 1.82) is 0 Å². The fourth-order valence-electron chi connectivity index (χ4n) is 2.38. The zero-order valence-electron chi connectivity index (χ0n) is 12.4. The van der Waals surface area contributed by atoms with Crippen molar-refractivity contribution >= 4 is 29.2 Å². The highest BCUT2D eigenvalue weighted by atomic mass is 35.5. The summed E-state index contributed by atoms with van der Waals surface area (Å²) < 4.78 is 5.33. The smallest absolute Gasteiger partial charge is 0.317 e. The topological polar surface area (TPSA) is 61.8 Å². The molecule has 0 bridgehead atoms. The molecule has 5 nitrogen and oxygen atoms in total. The van der Waals surface area contributed by atoms with E-state index in [0.29, 0.717) is 36.2 Å². The van der Waals surface area contributed by atoms with Crippen LogP contribution in [0.4, 0.5) is 4.79 Å². The summed E-state index contributed by atoms with van der Waals surface area (Å²) in [4.78, 5) is 13.9. The van der Waals surface area contributed by atoms with Gasteiger partial charge in [0, 0.05) is 22.6 Å². The molecule has 1 aliphatic heterocycles. The molecular weight excluding hydrogens is 327 g/mol. The number of carbonyl (C=O) groups is 1. The van der Waals surface area contributed by atoms with Gasteiger partial charge < -0.3 is 20.1 Å². The van der Waals surface area contributed by atoms with Crippen LogP contribution < -0.4 is 5.32 Å². The summed E-state index contributed by atoms with van der Waals surface area (Å²) in [6, 6.07) is 5.12. The van der Waals surface area contributed by atoms with Crippen molar-refractivity contribution in [3.8, 4) is 0 Å². The molecule has 2 amide bonds. The van der Waals surface area contributed by atoms with Crippen LogP contribution in [0.1, 0.15) is 12.5 Å². The monoisotopic (exact) mass is 346 g/mol. The molecule has 0 aromatic heterocycles. The van der Waals surface area contributed by atoms with Gasteiger partial charge in [-0.3, -0.25) is 0 Å². The molecule has 0 unspecified atom stereocenters. The summed E-state index contributed by atoms with van der Waals surface area (Å²) in [5.41, 5.74) is 0.939. The third-order valence-corrected chi connectivity index (χ3v) is 4.13. The van der Waals surface area contributed by atoms with Crippen LogP contribution in [0.2, 0.25) is 10.0 Å². The van der Waals surface area contributed by atoms with Gasteiger partial charge in [-0.2, -0.15) is 0 Å². The van der Waals surface area contributed by atoms with E-state index >= 15 is 0 Å². The van der Waals surface area contributed by atoms with E-state index in [1.807, 2.05) is 13.0 Å². The fourth-order valence-corrected chi connectivity index (χ4v) is 2.87. The zero-order valence-corrected chi connectivity index (χ0v) is 13.9. The number of hydrogen-bond donors (Lipinski definition) is 2. The molecule has 22 heavy (non-hydrogen) atoms. The van der Waals surface area contributed by atoms with Crippen LogP contribution in [0.3, 0.4) is 0 Å². The van der Waals surface area contributed by atoms with Crippen molar-refractivity contribution in [1.82, 2.24) is 10.2 Å². The molecule has 1 aromatic carbocycles. The van der Waals surface area contributed by atoms with E-state index in [1.54, 1.807) is 17.0 Å². The summed E-state index contributed by atoms with van der Waals surface area (Å²) in [6.07, 6.45) is 0.315. The van der Waals surface area contributed by atoms with Crippen LogP contribution in [0.15, 0.2) is 18.2 Å². The zero-order chi connectivity index (χ0) is 16.1. The van der Waals surface area contributed by atoms with Crippen LogP contribution >= 0.6 is 23.2 Å². The maximum atomic E-state index is 12.2. The van der Waals surface area contributed by atoms with Crippen LogP contribution in [0.5, 0.6) is 0 Å². The number of nitrogens with zero attached hydrogens (tertiary/aromatic N) is 1. The normalized spacial score (nSPS) is 19.8. The van der Waals surface area contributed by atoms with E-state index in [1.165, 1.54) is 0 Å². The van der Waals surface area contributed by atoms with E-state index in [0.717, 1.165) is 5.56 Å². The molecule has 1 heterocycles. The lowest BCUT2D eigenvalue weighted by molar-refractivity contribution is -0.0404. The van der Waals surface area contributed by atoms with Gasteiger partial charge in [-0.05, 0) is 31.0 Å². The first-order valence-electron chi connectivity index (χ1n) is 7.21. The van der Waals surface area contributed by atoms with Crippen molar-refractivity contribution in [3.05, 3.63) is 33.8 Å². The number of amides is 2. The molecule has 1 saturated heterocycles. The molecule has 2 atom stereocenters. The van der Waals surface area contributed by atoms with E-state index < -0.39 is 0 Å². The number of benzene rings is 1. The Kier molecular flexibility index (Phi) is 6.32. The second-order valence-corrected chi connectivity index (χ2v) is 6.26. The van der Waals surface area contributed by atoms with Crippen molar-refractivity contribution in [2.75, 3.05) is 26.3 Å². The molecule has 7 heteroatoms. The molecule has 0 aliphatic carbocycles. The first kappa shape index (κ1) is 17.3. The number of morpholine rings is 1. The molecule has 2 rings (SSSR count). The van der Waals surface area contributed by atoms with E-state index in [2.05, 4.69) is 5.32 Å². The Morgan fingerprint density at radius 3 is 3.00 bits per heavy atom. The molecule has 1 fully saturated rings. The predicted octanol–water partition coefficient (Wildman–Crippen LogP) is 2.33. The first-order chi connectivity index (χ1) is 10.5. The van der Waals surface area contributed by atoms with E-state index in [-0.39, 0.29) is 24.8 Å². The van der Waals surface area contributed by atoms with Crippen LogP contribution in [-0.4, -0.2) is 54.5 Å². The van der Waals surface area contributed by atoms with E-state index in [4.69, 9.17) is 33.0 Å². The van der Waals surface area contributed by atoms with Gasteiger partial charge in [-0.1, -0.05) is 29.3 Å². The second-order valence-electron chi connectivity index (χ2n) is 5.41. The summed E-state index contributed by atoms with van der Waals surface area (Å²) in [5, 5.41) is 13.2. The lowest BCUT2D eigenvalue weighted by Gasteiger charge is -2.33. The Morgan fingerprint density at radius 2 is 2.32 bits per heavy atom. The standard InChI is InChI=1S/C15H20Cl2N2O3/c1-10(6-11-2-3-12(16)7-14(11)17)18-15(21)19-4-5-22-13(8-19)9-20/h2-3,7,10,13,20H,4-6,8-9H2,1H3,(H,18,21)/t10-,13+/m0/s1. The van der Waals surface area contributed by atoms with Crippen molar-refractivity contribution < 1.29 is 14.6 Å². The van der Waals surface area contributed by atoms with Gasteiger partial charge in [-0.15, -0.1) is 0 Å². The van der Waals surface area contributed by atoms with Gasteiger partial charge in [0.15, 0.2) is 0 Å². The largest absolute Gasteiger partial charge is 0.394 e. The number of carbonyl (C=O) groups excluding carboxylic acids is 1. The SMILES string of the molecule is C[C@@H](Cc1ccc(Cl)cc1Cl)NC(=O)N1CCO[C@@H](CO)C1. The quantitative estimate of drug-likeness (QED) is 0.879. The number of urea groups is 1. The number of hydrogen-bond acceptors (Lipinski definition) is 3. The van der Waals surface area contributed by atoms with Gasteiger partial charge in [0.25, 0.3) is 0 Å². The lowest BCUT2D eigenvalue weighted by Crippen LogP contribution is -2.52. The molecule has 2 N–H and O–H groups in total. The predicted molar refractivity (Wildman–Crippen MR) is 86.6 cm³/mol. The summed E-state index contributed by atoms with van der Waals surface area (Å²) >= 11 is 12.0. The minimum atomic E-state index is -0.305. The molecule has 0 saturated carbocycles. The third kappa shape index (κ3) is 4.74. The highest BCUT2D eigenvalue weighted by Crippen LogP contribution is 2.22. The number of nitrogens with one attached hydrogen (secondary N) is 1. The van der Waals surface area contributed by atoms with Crippen LogP contribution in [0.25, 0.3) is 0 Å². The molecule has 0 radical (unpaired) electrons. The maximum Gasteiger partial charge on any atom is 0.317 e. The van der Waals surface area contributed by atoms with Crippen LogP contribution in [-0.2, 0) is 11.2 Å². The number of rotatable bonds is 4. The Balaban J connectivity index is 1.88. The molecule has 122 valence electrons.